The number of carboxylic acid groups (broad SMARTS) is 1. The second kappa shape index (κ2) is 6.63. The standard InChI is InChI=1S/C11H18N4O3/c1-8(5-10(16)17)14-11(18)12-4-3-9-6-13-15(2)7-9/h6-8H,3-5H2,1-2H3,(H,16,17)(H2,12,14,18). The molecular formula is C11H18N4O3. The first-order valence-electron chi connectivity index (χ1n) is 5.71. The first-order chi connectivity index (χ1) is 8.47. The molecule has 1 atom stereocenters. The van der Waals surface area contributed by atoms with Crippen LogP contribution in [0.25, 0.3) is 0 Å². The lowest BCUT2D eigenvalue weighted by molar-refractivity contribution is -0.137. The van der Waals surface area contributed by atoms with Gasteiger partial charge >= 0.3 is 12.0 Å². The molecule has 1 aromatic heterocycles. The van der Waals surface area contributed by atoms with Crippen LogP contribution in [0.5, 0.6) is 0 Å². The maximum atomic E-state index is 11.4. The summed E-state index contributed by atoms with van der Waals surface area (Å²) in [6.45, 7) is 2.13. The number of hydrogen-bond donors (Lipinski definition) is 3. The van der Waals surface area contributed by atoms with Crippen molar-refractivity contribution in [2.75, 3.05) is 6.54 Å². The largest absolute Gasteiger partial charge is 0.481 e. The number of aromatic nitrogens is 2. The van der Waals surface area contributed by atoms with E-state index in [1.807, 2.05) is 13.2 Å². The number of rotatable bonds is 6. The minimum atomic E-state index is -0.932. The highest BCUT2D eigenvalue weighted by Gasteiger charge is 2.10. The number of carboxylic acids is 1. The van der Waals surface area contributed by atoms with Gasteiger partial charge in [-0.25, -0.2) is 4.79 Å². The zero-order valence-corrected chi connectivity index (χ0v) is 10.5. The number of nitrogens with one attached hydrogen (secondary N) is 2. The number of urea groups is 1. The summed E-state index contributed by atoms with van der Waals surface area (Å²) in [7, 11) is 1.83. The number of hydrogen-bond acceptors (Lipinski definition) is 3. The van der Waals surface area contributed by atoms with Gasteiger partial charge in [0.1, 0.15) is 0 Å². The van der Waals surface area contributed by atoms with Gasteiger partial charge in [-0.2, -0.15) is 5.10 Å². The fourth-order valence-corrected chi connectivity index (χ4v) is 1.51. The van der Waals surface area contributed by atoms with Gasteiger partial charge in [0, 0.05) is 25.8 Å². The molecule has 0 radical (unpaired) electrons. The van der Waals surface area contributed by atoms with Crippen molar-refractivity contribution < 1.29 is 14.7 Å². The quantitative estimate of drug-likeness (QED) is 0.672. The lowest BCUT2D eigenvalue weighted by Crippen LogP contribution is -2.42. The van der Waals surface area contributed by atoms with E-state index in [2.05, 4.69) is 15.7 Å². The third-order valence-corrected chi connectivity index (χ3v) is 2.32. The van der Waals surface area contributed by atoms with Crippen molar-refractivity contribution in [3.05, 3.63) is 18.0 Å². The molecule has 0 spiro atoms. The molecule has 0 bridgehead atoms. The van der Waals surface area contributed by atoms with Crippen LogP contribution in [0, 0.1) is 0 Å². The molecule has 0 aliphatic carbocycles. The summed E-state index contributed by atoms with van der Waals surface area (Å²) in [5, 5.41) is 17.8. The maximum Gasteiger partial charge on any atom is 0.315 e. The number of aryl methyl sites for hydroxylation is 1. The van der Waals surface area contributed by atoms with E-state index in [9.17, 15) is 9.59 Å². The molecular weight excluding hydrogens is 236 g/mol. The Kier molecular flexibility index (Phi) is 5.16. The first kappa shape index (κ1) is 14.0. The number of amides is 2. The molecule has 0 aliphatic rings. The topological polar surface area (TPSA) is 96.2 Å². The van der Waals surface area contributed by atoms with Crippen molar-refractivity contribution in [3.63, 3.8) is 0 Å². The Morgan fingerprint density at radius 3 is 2.83 bits per heavy atom. The van der Waals surface area contributed by atoms with Crippen LogP contribution in [0.1, 0.15) is 18.9 Å². The predicted octanol–water partition coefficient (Wildman–Crippen LogP) is 0.125. The molecule has 0 saturated carbocycles. The van der Waals surface area contributed by atoms with E-state index in [0.29, 0.717) is 13.0 Å². The van der Waals surface area contributed by atoms with Crippen LogP contribution in [0.2, 0.25) is 0 Å². The number of nitrogens with zero attached hydrogens (tertiary/aromatic N) is 2. The third kappa shape index (κ3) is 5.33. The highest BCUT2D eigenvalue weighted by molar-refractivity contribution is 5.75. The van der Waals surface area contributed by atoms with Gasteiger partial charge in [-0.3, -0.25) is 9.48 Å². The fourth-order valence-electron chi connectivity index (χ4n) is 1.51. The Bertz CT molecular complexity index is 416. The molecule has 100 valence electrons. The average Bonchev–Trinajstić information content (AvgIpc) is 2.62. The van der Waals surface area contributed by atoms with E-state index >= 15 is 0 Å². The molecule has 7 nitrogen and oxygen atoms in total. The van der Waals surface area contributed by atoms with Crippen molar-refractivity contribution >= 4 is 12.0 Å². The average molecular weight is 254 g/mol. The molecule has 1 aromatic rings. The van der Waals surface area contributed by atoms with Gasteiger partial charge in [0.2, 0.25) is 0 Å². The van der Waals surface area contributed by atoms with Crippen molar-refractivity contribution in [2.24, 2.45) is 7.05 Å². The van der Waals surface area contributed by atoms with Crippen molar-refractivity contribution in [1.29, 1.82) is 0 Å². The van der Waals surface area contributed by atoms with Crippen LogP contribution in [-0.4, -0.2) is 39.5 Å². The van der Waals surface area contributed by atoms with Crippen LogP contribution >= 0.6 is 0 Å². The van der Waals surface area contributed by atoms with Crippen LogP contribution in [0.4, 0.5) is 4.79 Å². The minimum absolute atomic E-state index is 0.0873. The maximum absolute atomic E-state index is 11.4. The molecule has 18 heavy (non-hydrogen) atoms. The number of aliphatic carboxylic acids is 1. The lowest BCUT2D eigenvalue weighted by Gasteiger charge is -2.12. The van der Waals surface area contributed by atoms with E-state index in [4.69, 9.17) is 5.11 Å². The van der Waals surface area contributed by atoms with E-state index in [1.54, 1.807) is 17.8 Å². The molecule has 0 aliphatic heterocycles. The fraction of sp³-hybridized carbons (Fsp3) is 0.545. The number of carbonyl (C=O) groups excluding carboxylic acids is 1. The van der Waals surface area contributed by atoms with Gasteiger partial charge in [0.15, 0.2) is 0 Å². The van der Waals surface area contributed by atoms with E-state index < -0.39 is 5.97 Å². The lowest BCUT2D eigenvalue weighted by atomic mass is 10.2. The summed E-state index contributed by atoms with van der Waals surface area (Å²) >= 11 is 0. The molecule has 1 rings (SSSR count). The van der Waals surface area contributed by atoms with Gasteiger partial charge in [0.05, 0.1) is 12.6 Å². The molecule has 2 amide bonds. The minimum Gasteiger partial charge on any atom is -0.481 e. The monoisotopic (exact) mass is 254 g/mol. The van der Waals surface area contributed by atoms with Crippen LogP contribution < -0.4 is 10.6 Å². The third-order valence-electron chi connectivity index (χ3n) is 2.32. The molecule has 7 heteroatoms. The summed E-state index contributed by atoms with van der Waals surface area (Å²) in [5.74, 6) is -0.932. The van der Waals surface area contributed by atoms with Crippen molar-refractivity contribution in [2.45, 2.75) is 25.8 Å². The summed E-state index contributed by atoms with van der Waals surface area (Å²) in [5.41, 5.74) is 1.04. The zero-order chi connectivity index (χ0) is 13.5. The highest BCUT2D eigenvalue weighted by atomic mass is 16.4. The van der Waals surface area contributed by atoms with Crippen LogP contribution in [0.15, 0.2) is 12.4 Å². The van der Waals surface area contributed by atoms with E-state index in [-0.39, 0.29) is 18.5 Å². The summed E-state index contributed by atoms with van der Waals surface area (Å²) in [4.78, 5) is 21.8. The summed E-state index contributed by atoms with van der Waals surface area (Å²) < 4.78 is 1.70. The van der Waals surface area contributed by atoms with E-state index in [0.717, 1.165) is 5.56 Å². The van der Waals surface area contributed by atoms with Gasteiger partial charge in [0.25, 0.3) is 0 Å². The normalized spacial score (nSPS) is 11.9. The molecule has 1 unspecified atom stereocenters. The molecule has 0 saturated heterocycles. The SMILES string of the molecule is CC(CC(=O)O)NC(=O)NCCc1cnn(C)c1. The van der Waals surface area contributed by atoms with Gasteiger partial charge in [-0.1, -0.05) is 0 Å². The Morgan fingerprint density at radius 2 is 2.28 bits per heavy atom. The predicted molar refractivity (Wildman–Crippen MR) is 65.2 cm³/mol. The number of carbonyl (C=O) groups is 2. The Balaban J connectivity index is 2.19. The second-order valence-electron chi connectivity index (χ2n) is 4.17. The van der Waals surface area contributed by atoms with Crippen LogP contribution in [0.3, 0.4) is 0 Å². The van der Waals surface area contributed by atoms with Crippen molar-refractivity contribution in [1.82, 2.24) is 20.4 Å². The van der Waals surface area contributed by atoms with Gasteiger partial charge in [-0.05, 0) is 18.9 Å². The zero-order valence-electron chi connectivity index (χ0n) is 10.5. The molecule has 0 aromatic carbocycles. The van der Waals surface area contributed by atoms with Crippen molar-refractivity contribution in [3.8, 4) is 0 Å². The Hall–Kier alpha value is -2.05. The van der Waals surface area contributed by atoms with Crippen LogP contribution in [-0.2, 0) is 18.3 Å². The molecule has 1 heterocycles. The molecule has 3 N–H and O–H groups in total. The van der Waals surface area contributed by atoms with Gasteiger partial charge in [-0.15, -0.1) is 0 Å². The van der Waals surface area contributed by atoms with Gasteiger partial charge < -0.3 is 15.7 Å². The highest BCUT2D eigenvalue weighted by Crippen LogP contribution is 1.96. The first-order valence-corrected chi connectivity index (χ1v) is 5.71. The Labute approximate surface area is 105 Å². The van der Waals surface area contributed by atoms with E-state index in [1.165, 1.54) is 0 Å². The second-order valence-corrected chi connectivity index (χ2v) is 4.17. The summed E-state index contributed by atoms with van der Waals surface area (Å²) in [6, 6.07) is -0.742. The summed E-state index contributed by atoms with van der Waals surface area (Å²) in [6.07, 6.45) is 4.23. The molecule has 0 fully saturated rings. The smallest absolute Gasteiger partial charge is 0.315 e. The Morgan fingerprint density at radius 1 is 1.56 bits per heavy atom.